The van der Waals surface area contributed by atoms with Crippen molar-refractivity contribution in [1.82, 2.24) is 30.6 Å². The van der Waals surface area contributed by atoms with Crippen molar-refractivity contribution >= 4 is 40.6 Å². The van der Waals surface area contributed by atoms with Gasteiger partial charge < -0.3 is 41.0 Å². The van der Waals surface area contributed by atoms with Crippen LogP contribution < -0.4 is 27.2 Å². The zero-order valence-corrected chi connectivity index (χ0v) is 23.8. The summed E-state index contributed by atoms with van der Waals surface area (Å²) < 4.78 is 15.8. The molecule has 16 nitrogen and oxygen atoms in total. The summed E-state index contributed by atoms with van der Waals surface area (Å²) in [7, 11) is 0. The number of nitrogens with zero attached hydrogens (tertiary/aromatic N) is 3. The highest BCUT2D eigenvalue weighted by Crippen LogP contribution is 2.12. The Morgan fingerprint density at radius 2 is 1.72 bits per heavy atom. The fourth-order valence-electron chi connectivity index (χ4n) is 3.70. The molecule has 232 valence electrons. The van der Waals surface area contributed by atoms with Gasteiger partial charge in [-0.2, -0.15) is 4.98 Å². The third-order valence-corrected chi connectivity index (χ3v) is 5.89. The van der Waals surface area contributed by atoms with E-state index >= 15 is 0 Å². The van der Waals surface area contributed by atoms with Gasteiger partial charge in [-0.3, -0.25) is 19.4 Å². The van der Waals surface area contributed by atoms with Crippen LogP contribution in [0.1, 0.15) is 35.8 Å². The average molecular weight is 601 g/mol. The van der Waals surface area contributed by atoms with Crippen LogP contribution in [0.5, 0.6) is 0 Å². The number of anilines is 2. The number of ether oxygens (including phenoxy) is 3. The van der Waals surface area contributed by atoms with Gasteiger partial charge in [-0.15, -0.1) is 0 Å². The minimum Gasteiger partial charge on any atom is -0.480 e. The molecule has 0 aliphatic carbocycles. The molecular weight excluding hydrogens is 564 g/mol. The van der Waals surface area contributed by atoms with Gasteiger partial charge in [0.25, 0.3) is 11.5 Å². The van der Waals surface area contributed by atoms with Crippen molar-refractivity contribution in [3.8, 4) is 0 Å². The van der Waals surface area contributed by atoms with E-state index in [1.165, 1.54) is 18.3 Å². The first-order valence-corrected chi connectivity index (χ1v) is 13.7. The van der Waals surface area contributed by atoms with Crippen molar-refractivity contribution in [2.45, 2.75) is 32.4 Å². The number of amides is 2. The standard InChI is InChI=1S/C27H36N8O8/c1-2-41-11-12-43-14-13-42-10-9-29-21(36)8-7-20(26(39)40)33-24(37)17-3-5-18(6-4-17)30-15-19-16-31-23-22(32-19)25(38)35-27(28)34-23/h3-6,16,20,30H,2,7-15H2,1H3,(H,29,36)(H,33,37)(H,39,40)(H3,28,31,34,35,38)/t20-/m0/s1. The number of aromatic amines is 1. The number of carboxylic acids is 1. The van der Waals surface area contributed by atoms with Crippen LogP contribution >= 0.6 is 0 Å². The van der Waals surface area contributed by atoms with Crippen molar-refractivity contribution in [3.05, 3.63) is 52.1 Å². The first-order valence-electron chi connectivity index (χ1n) is 13.7. The van der Waals surface area contributed by atoms with E-state index in [2.05, 4.69) is 35.9 Å². The topological polar surface area (TPSA) is 233 Å². The zero-order chi connectivity index (χ0) is 31.0. The molecule has 2 heterocycles. The van der Waals surface area contributed by atoms with Crippen molar-refractivity contribution in [1.29, 1.82) is 0 Å². The van der Waals surface area contributed by atoms with E-state index in [1.807, 2.05) is 6.92 Å². The fraction of sp³-hybridized carbons (Fsp3) is 0.444. The lowest BCUT2D eigenvalue weighted by atomic mass is 10.1. The molecule has 2 amide bonds. The average Bonchev–Trinajstić information content (AvgIpc) is 2.99. The Kier molecular flexibility index (Phi) is 13.2. The van der Waals surface area contributed by atoms with Crippen LogP contribution in [0.2, 0.25) is 0 Å². The molecule has 2 aromatic heterocycles. The zero-order valence-electron chi connectivity index (χ0n) is 23.8. The number of aliphatic carboxylic acids is 1. The number of benzene rings is 1. The van der Waals surface area contributed by atoms with Gasteiger partial charge in [-0.1, -0.05) is 0 Å². The summed E-state index contributed by atoms with van der Waals surface area (Å²) in [6.07, 6.45) is 1.29. The highest BCUT2D eigenvalue weighted by molar-refractivity contribution is 5.97. The predicted molar refractivity (Wildman–Crippen MR) is 155 cm³/mol. The molecule has 1 aromatic carbocycles. The maximum atomic E-state index is 12.7. The molecule has 3 aromatic rings. The number of nitrogens with one attached hydrogen (secondary N) is 4. The first kappa shape index (κ1) is 32.8. The van der Waals surface area contributed by atoms with Gasteiger partial charge in [0.1, 0.15) is 6.04 Å². The molecule has 7 N–H and O–H groups in total. The molecule has 16 heteroatoms. The molecule has 0 unspecified atom stereocenters. The monoisotopic (exact) mass is 600 g/mol. The predicted octanol–water partition coefficient (Wildman–Crippen LogP) is 0.0565. The number of carbonyl (C=O) groups excluding carboxylic acids is 2. The van der Waals surface area contributed by atoms with Gasteiger partial charge in [-0.05, 0) is 37.6 Å². The molecule has 0 aliphatic heterocycles. The molecule has 0 spiro atoms. The van der Waals surface area contributed by atoms with Crippen LogP contribution in [0.4, 0.5) is 11.6 Å². The van der Waals surface area contributed by atoms with Gasteiger partial charge in [0.15, 0.2) is 11.2 Å². The van der Waals surface area contributed by atoms with Crippen LogP contribution in [0.15, 0.2) is 35.3 Å². The number of H-pyrrole nitrogens is 1. The third-order valence-electron chi connectivity index (χ3n) is 5.89. The van der Waals surface area contributed by atoms with E-state index in [-0.39, 0.29) is 61.1 Å². The summed E-state index contributed by atoms with van der Waals surface area (Å²) in [5.41, 5.74) is 6.57. The normalized spacial score (nSPS) is 11.7. The molecule has 0 fully saturated rings. The van der Waals surface area contributed by atoms with Gasteiger partial charge >= 0.3 is 5.97 Å². The largest absolute Gasteiger partial charge is 0.480 e. The number of hydrogen-bond acceptors (Lipinski definition) is 12. The van der Waals surface area contributed by atoms with Crippen molar-refractivity contribution < 1.29 is 33.7 Å². The number of carbonyl (C=O) groups is 3. The van der Waals surface area contributed by atoms with Crippen LogP contribution in [0.3, 0.4) is 0 Å². The Hall–Kier alpha value is -4.67. The molecule has 1 atom stereocenters. The Morgan fingerprint density at radius 1 is 1.02 bits per heavy atom. The lowest BCUT2D eigenvalue weighted by Crippen LogP contribution is -2.41. The summed E-state index contributed by atoms with van der Waals surface area (Å²) in [4.78, 5) is 63.1. The smallest absolute Gasteiger partial charge is 0.326 e. The second-order valence-corrected chi connectivity index (χ2v) is 9.09. The Bertz CT molecular complexity index is 1420. The van der Waals surface area contributed by atoms with E-state index in [4.69, 9.17) is 19.9 Å². The van der Waals surface area contributed by atoms with Crippen molar-refractivity contribution in [2.75, 3.05) is 57.2 Å². The van der Waals surface area contributed by atoms with Crippen LogP contribution in [-0.2, 0) is 30.3 Å². The molecule has 43 heavy (non-hydrogen) atoms. The summed E-state index contributed by atoms with van der Waals surface area (Å²) in [6, 6.07) is 5.07. The molecule has 3 rings (SSSR count). The van der Waals surface area contributed by atoms with E-state index in [0.29, 0.717) is 44.4 Å². The number of carboxylic acid groups (broad SMARTS) is 1. The number of rotatable bonds is 19. The Morgan fingerprint density at radius 3 is 2.42 bits per heavy atom. The summed E-state index contributed by atoms with van der Waals surface area (Å²) in [6.45, 7) is 5.13. The quantitative estimate of drug-likeness (QED) is 0.100. The Labute approximate surface area is 246 Å². The summed E-state index contributed by atoms with van der Waals surface area (Å²) in [5.74, 6) is -2.25. The van der Waals surface area contributed by atoms with Crippen LogP contribution in [0.25, 0.3) is 11.2 Å². The van der Waals surface area contributed by atoms with E-state index < -0.39 is 23.5 Å². The third kappa shape index (κ3) is 11.3. The minimum atomic E-state index is -1.25. The maximum absolute atomic E-state index is 12.7. The number of fused-ring (bicyclic) bond motifs is 1. The second kappa shape index (κ2) is 17.3. The number of aromatic nitrogens is 4. The molecule has 0 saturated heterocycles. The summed E-state index contributed by atoms with van der Waals surface area (Å²) in [5, 5.41) is 17.7. The van der Waals surface area contributed by atoms with E-state index in [1.54, 1.807) is 12.1 Å². The lowest BCUT2D eigenvalue weighted by Gasteiger charge is -2.15. The van der Waals surface area contributed by atoms with Gasteiger partial charge in [0.2, 0.25) is 11.9 Å². The second-order valence-electron chi connectivity index (χ2n) is 9.09. The van der Waals surface area contributed by atoms with Gasteiger partial charge in [0.05, 0.1) is 51.5 Å². The van der Waals surface area contributed by atoms with Crippen molar-refractivity contribution in [3.63, 3.8) is 0 Å². The molecular formula is C27H36N8O8. The maximum Gasteiger partial charge on any atom is 0.326 e. The fourth-order valence-corrected chi connectivity index (χ4v) is 3.70. The highest BCUT2D eigenvalue weighted by atomic mass is 16.5. The first-order chi connectivity index (χ1) is 20.8. The van der Waals surface area contributed by atoms with Gasteiger partial charge in [-0.25, -0.2) is 14.8 Å². The molecule has 0 aliphatic rings. The minimum absolute atomic E-state index is 0.0501. The lowest BCUT2D eigenvalue weighted by molar-refractivity contribution is -0.139. The number of nitrogen functional groups attached to an aromatic ring is 1. The summed E-state index contributed by atoms with van der Waals surface area (Å²) >= 11 is 0. The van der Waals surface area contributed by atoms with E-state index in [0.717, 1.165) is 0 Å². The van der Waals surface area contributed by atoms with Crippen LogP contribution in [0, 0.1) is 0 Å². The number of nitrogens with two attached hydrogens (primary N) is 1. The highest BCUT2D eigenvalue weighted by Gasteiger charge is 2.21. The Balaban J connectivity index is 1.38. The molecule has 0 radical (unpaired) electrons. The van der Waals surface area contributed by atoms with Crippen LogP contribution in [-0.4, -0.2) is 95.1 Å². The van der Waals surface area contributed by atoms with Gasteiger partial charge in [0, 0.05) is 30.8 Å². The number of hydrogen-bond donors (Lipinski definition) is 6. The van der Waals surface area contributed by atoms with Crippen molar-refractivity contribution in [2.24, 2.45) is 0 Å². The SMILES string of the molecule is CCOCCOCCOCCNC(=O)CC[C@H](NC(=O)c1ccc(NCc2cnc3nc(N)[nH]c(=O)c3n2)cc1)C(=O)O. The molecule has 0 saturated carbocycles. The van der Waals surface area contributed by atoms with E-state index in [9.17, 15) is 24.3 Å². The molecule has 0 bridgehead atoms.